The van der Waals surface area contributed by atoms with E-state index in [9.17, 15) is 0 Å². The quantitative estimate of drug-likeness (QED) is 0.0394. The summed E-state index contributed by atoms with van der Waals surface area (Å²) in [6.07, 6.45) is 7.80. The molecule has 0 amide bonds. The minimum absolute atomic E-state index is 0.0213. The Morgan fingerprint density at radius 2 is 0.693 bits per heavy atom. The number of nitrogens with zero attached hydrogens (tertiary/aromatic N) is 7. The summed E-state index contributed by atoms with van der Waals surface area (Å²) in [7, 11) is 0. The predicted molar refractivity (Wildman–Crippen MR) is 375 cm³/mol. The fourth-order valence-corrected chi connectivity index (χ4v) is 9.53. The number of azide groups is 1. The van der Waals surface area contributed by atoms with Crippen molar-refractivity contribution in [2.24, 2.45) is 17.0 Å². The van der Waals surface area contributed by atoms with E-state index in [1.165, 1.54) is 25.7 Å². The predicted octanol–water partition coefficient (Wildman–Crippen LogP) is 4.63. The van der Waals surface area contributed by atoms with Gasteiger partial charge in [0, 0.05) is 31.0 Å². The molecule has 0 aromatic carbocycles. The second-order valence-corrected chi connectivity index (χ2v) is 23.1. The molecule has 33 nitrogen and oxygen atoms in total. The van der Waals surface area contributed by atoms with Crippen molar-refractivity contribution in [3.63, 3.8) is 0 Å². The Labute approximate surface area is 600 Å². The SMILES string of the molecule is CCCCc1nc2c(N)nnc(OC(C)C)c2n1C[C@H]1CC[C@H](CNCCOCCOCCOCCOCCOCCOCCOCCOCCOCCOCCOCCOCCOCCOCCOCCOCCOCCOCCOCCOCCOCCOCCOCCN=[N+]=[N-])CC1. The third kappa shape index (κ3) is 56.5. The van der Waals surface area contributed by atoms with Crippen LogP contribution in [-0.2, 0) is 122 Å². The van der Waals surface area contributed by atoms with Crippen molar-refractivity contribution in [3.8, 4) is 5.88 Å². The number of nitrogens with two attached hydrogens (primary N) is 1. The van der Waals surface area contributed by atoms with E-state index in [4.69, 9.17) is 130 Å². The number of aromatic nitrogens is 4. The average Bonchev–Trinajstić information content (AvgIpc) is 1.63. The lowest BCUT2D eigenvalue weighted by Crippen LogP contribution is -2.30. The first-order valence-corrected chi connectivity index (χ1v) is 36.7. The number of nitrogens with one attached hydrogen (secondary N) is 1. The molecule has 0 bridgehead atoms. The summed E-state index contributed by atoms with van der Waals surface area (Å²) in [6.45, 7) is 31.7. The summed E-state index contributed by atoms with van der Waals surface area (Å²) >= 11 is 0. The monoisotopic (exact) mass is 1460 g/mol. The van der Waals surface area contributed by atoms with Crippen molar-refractivity contribution in [1.82, 2.24) is 25.1 Å². The second kappa shape index (κ2) is 72.1. The second-order valence-electron chi connectivity index (χ2n) is 23.1. The zero-order chi connectivity index (χ0) is 71.7. The van der Waals surface area contributed by atoms with Crippen LogP contribution in [0.1, 0.15) is 65.1 Å². The average molecular weight is 1460 g/mol. The third-order valence-corrected chi connectivity index (χ3v) is 14.7. The van der Waals surface area contributed by atoms with Crippen molar-refractivity contribution in [2.45, 2.75) is 78.4 Å². The van der Waals surface area contributed by atoms with E-state index in [1.807, 2.05) is 13.8 Å². The number of imidazole rings is 1. The van der Waals surface area contributed by atoms with Gasteiger partial charge >= 0.3 is 0 Å². The Morgan fingerprint density at radius 3 is 0.970 bits per heavy atom. The van der Waals surface area contributed by atoms with Crippen LogP contribution in [0.2, 0.25) is 0 Å². The van der Waals surface area contributed by atoms with Gasteiger partial charge in [0.25, 0.3) is 5.88 Å². The molecule has 33 heteroatoms. The van der Waals surface area contributed by atoms with E-state index in [0.717, 1.165) is 50.2 Å². The van der Waals surface area contributed by atoms with E-state index in [0.29, 0.717) is 340 Å². The summed E-state index contributed by atoms with van der Waals surface area (Å²) in [6, 6.07) is 0. The van der Waals surface area contributed by atoms with Gasteiger partial charge in [-0.15, -0.1) is 10.2 Å². The van der Waals surface area contributed by atoms with Gasteiger partial charge in [0.2, 0.25) is 0 Å². The van der Waals surface area contributed by atoms with Gasteiger partial charge < -0.3 is 129 Å². The molecule has 0 radical (unpaired) electrons. The van der Waals surface area contributed by atoms with Crippen molar-refractivity contribution < 1.29 is 114 Å². The fraction of sp³-hybridized carbons (Fsp3) is 0.926. The minimum atomic E-state index is -0.0213. The smallest absolute Gasteiger partial charge is 0.260 e. The molecule has 0 unspecified atom stereocenters. The highest BCUT2D eigenvalue weighted by Crippen LogP contribution is 2.34. The molecule has 0 saturated heterocycles. The van der Waals surface area contributed by atoms with Gasteiger partial charge in [0.05, 0.1) is 310 Å². The largest absolute Gasteiger partial charge is 0.472 e. The Balaban J connectivity index is 0.879. The lowest BCUT2D eigenvalue weighted by atomic mass is 9.82. The molecule has 1 saturated carbocycles. The first-order chi connectivity index (χ1) is 50.0. The molecule has 1 fully saturated rings. The van der Waals surface area contributed by atoms with E-state index in [-0.39, 0.29) is 6.10 Å². The van der Waals surface area contributed by atoms with Gasteiger partial charge in [-0.3, -0.25) is 0 Å². The van der Waals surface area contributed by atoms with Gasteiger partial charge in [0.15, 0.2) is 5.82 Å². The Hall–Kier alpha value is -3.50. The number of anilines is 1. The Bertz CT molecular complexity index is 2130. The maximum Gasteiger partial charge on any atom is 0.260 e. The molecule has 2 aromatic heterocycles. The first kappa shape index (κ1) is 91.7. The molecule has 2 heterocycles. The van der Waals surface area contributed by atoms with Gasteiger partial charge in [-0.2, -0.15) is 0 Å². The van der Waals surface area contributed by atoms with Crippen molar-refractivity contribution in [3.05, 3.63) is 16.3 Å². The van der Waals surface area contributed by atoms with Gasteiger partial charge in [-0.1, -0.05) is 18.5 Å². The number of ether oxygens (including phenoxy) is 24. The summed E-state index contributed by atoms with van der Waals surface area (Å²) in [5, 5.41) is 15.5. The number of nitrogen functional groups attached to an aromatic ring is 1. The molecular weight excluding hydrogens is 1330 g/mol. The summed E-state index contributed by atoms with van der Waals surface area (Å²) in [4.78, 5) is 7.59. The van der Waals surface area contributed by atoms with Gasteiger partial charge in [-0.25, -0.2) is 4.98 Å². The molecule has 3 rings (SSSR count). The molecular formula is C68H129N9O24. The van der Waals surface area contributed by atoms with Crippen LogP contribution in [0.25, 0.3) is 21.5 Å². The van der Waals surface area contributed by atoms with Crippen LogP contribution in [0.5, 0.6) is 5.88 Å². The van der Waals surface area contributed by atoms with Crippen molar-refractivity contribution in [2.75, 3.05) is 329 Å². The Morgan fingerprint density at radius 1 is 0.416 bits per heavy atom. The molecule has 3 N–H and O–H groups in total. The topological polar surface area (TPSA) is 352 Å². The normalized spacial score (nSPS) is 14.1. The number of hydrogen-bond acceptors (Lipinski definition) is 30. The highest BCUT2D eigenvalue weighted by atomic mass is 16.6. The van der Waals surface area contributed by atoms with Crippen LogP contribution in [-0.4, -0.2) is 349 Å². The zero-order valence-corrected chi connectivity index (χ0v) is 61.5. The number of unbranched alkanes of at least 4 members (excludes halogenated alkanes) is 1. The van der Waals surface area contributed by atoms with Crippen molar-refractivity contribution in [1.29, 1.82) is 0 Å². The number of fused-ring (bicyclic) bond motifs is 1. The zero-order valence-electron chi connectivity index (χ0n) is 61.5. The third-order valence-electron chi connectivity index (χ3n) is 14.7. The Kier molecular flexibility index (Phi) is 65.4. The molecule has 2 aromatic rings. The molecule has 0 atom stereocenters. The van der Waals surface area contributed by atoms with Crippen LogP contribution < -0.4 is 15.8 Å². The van der Waals surface area contributed by atoms with Crippen LogP contribution in [0.4, 0.5) is 5.82 Å². The summed E-state index contributed by atoms with van der Waals surface area (Å²) < 4.78 is 136. The molecule has 590 valence electrons. The summed E-state index contributed by atoms with van der Waals surface area (Å²) in [5.41, 5.74) is 16.0. The maximum absolute atomic E-state index is 8.18. The number of aryl methyl sites for hydroxylation is 1. The van der Waals surface area contributed by atoms with Crippen molar-refractivity contribution >= 4 is 16.9 Å². The van der Waals surface area contributed by atoms with Crippen LogP contribution in [0.15, 0.2) is 5.11 Å². The van der Waals surface area contributed by atoms with E-state index in [2.05, 4.69) is 37.0 Å². The van der Waals surface area contributed by atoms with E-state index >= 15 is 0 Å². The lowest BCUT2D eigenvalue weighted by Gasteiger charge is -2.29. The fourth-order valence-electron chi connectivity index (χ4n) is 9.53. The molecule has 1 aliphatic carbocycles. The van der Waals surface area contributed by atoms with Crippen LogP contribution in [0.3, 0.4) is 0 Å². The van der Waals surface area contributed by atoms with Gasteiger partial charge in [-0.05, 0) is 69.9 Å². The number of hydrogen-bond donors (Lipinski definition) is 2. The highest BCUT2D eigenvalue weighted by molar-refractivity contribution is 5.88. The lowest BCUT2D eigenvalue weighted by molar-refractivity contribution is -0.0318. The molecule has 101 heavy (non-hydrogen) atoms. The van der Waals surface area contributed by atoms with E-state index < -0.39 is 0 Å². The molecule has 0 spiro atoms. The summed E-state index contributed by atoms with van der Waals surface area (Å²) in [5.74, 6) is 3.17. The van der Waals surface area contributed by atoms with Crippen LogP contribution >= 0.6 is 0 Å². The molecule has 0 aliphatic heterocycles. The molecule has 1 aliphatic rings. The van der Waals surface area contributed by atoms with Crippen LogP contribution in [0, 0.1) is 11.8 Å². The number of rotatable bonds is 81. The first-order valence-electron chi connectivity index (χ1n) is 36.7. The van der Waals surface area contributed by atoms with Gasteiger partial charge in [0.1, 0.15) is 16.9 Å². The standard InChI is InChI=1S/C68H129N9O24/c1-4-5-6-64-73-65-66(68(101-61(2)3)75-74-67(65)69)77(64)60-63-9-7-62(8-10-63)59-71-11-13-78-15-17-80-19-21-82-23-25-84-27-29-86-31-33-88-35-37-90-39-41-92-43-45-94-47-49-96-51-53-98-55-57-100-58-56-99-54-52-97-50-48-95-46-44-93-42-40-91-38-36-89-34-32-87-30-28-85-26-24-83-22-20-81-18-16-79-14-12-72-76-70/h61-63,71H,4-60H2,1-3H3,(H2,69,74)/t62-,63-. The minimum Gasteiger partial charge on any atom is -0.472 e. The highest BCUT2D eigenvalue weighted by Gasteiger charge is 2.26. The maximum atomic E-state index is 8.18. The van der Waals surface area contributed by atoms with E-state index in [1.54, 1.807) is 0 Å².